The Morgan fingerprint density at radius 3 is 2.65 bits per heavy atom. The number of methoxy groups -OCH3 is 1. The molecule has 0 radical (unpaired) electrons. The third kappa shape index (κ3) is 4.11. The molecule has 0 atom stereocenters. The molecule has 0 aromatic heterocycles. The van der Waals surface area contributed by atoms with Crippen LogP contribution in [0.2, 0.25) is 0 Å². The quantitative estimate of drug-likeness (QED) is 0.337. The third-order valence-electron chi connectivity index (χ3n) is 2.23. The van der Waals surface area contributed by atoms with Crippen molar-refractivity contribution < 1.29 is 19.0 Å². The average Bonchev–Trinajstić information content (AvgIpc) is 2.44. The average molecular weight is 410 g/mol. The summed E-state index contributed by atoms with van der Waals surface area (Å²) < 4.78 is 16.8. The molecule has 0 aliphatic heterocycles. The van der Waals surface area contributed by atoms with Gasteiger partial charge in [0, 0.05) is 10.0 Å². The molecule has 1 aromatic carbocycles. The molecule has 0 aliphatic carbocycles. The molecular weight excluding hydrogens is 396 g/mol. The molecule has 0 aliphatic rings. The summed E-state index contributed by atoms with van der Waals surface area (Å²) in [6.07, 6.45) is 1.47. The number of esters is 1. The molecule has 2 N–H and O–H groups in total. The van der Waals surface area contributed by atoms with E-state index in [1.54, 1.807) is 6.07 Å². The van der Waals surface area contributed by atoms with Crippen molar-refractivity contribution in [3.8, 4) is 11.5 Å². The molecule has 0 heterocycles. The summed E-state index contributed by atoms with van der Waals surface area (Å²) in [5.74, 6) is 5.55. The first-order valence-corrected chi connectivity index (χ1v) is 7.21. The van der Waals surface area contributed by atoms with Crippen LogP contribution in [0.15, 0.2) is 20.1 Å². The van der Waals surface area contributed by atoms with E-state index >= 15 is 0 Å². The summed E-state index contributed by atoms with van der Waals surface area (Å²) in [5.41, 5.74) is 0.716. The van der Waals surface area contributed by atoms with Crippen LogP contribution in [0.5, 0.6) is 11.5 Å². The molecule has 0 amide bonds. The number of hydrazone groups is 1. The molecule has 8 heteroatoms. The van der Waals surface area contributed by atoms with Crippen LogP contribution < -0.4 is 15.3 Å². The van der Waals surface area contributed by atoms with Gasteiger partial charge in [0.2, 0.25) is 0 Å². The predicted molar refractivity (Wildman–Crippen MR) is 82.3 cm³/mol. The van der Waals surface area contributed by atoms with Crippen LogP contribution in [-0.2, 0) is 9.53 Å². The second-order valence-corrected chi connectivity index (χ2v) is 5.08. The molecule has 20 heavy (non-hydrogen) atoms. The Balaban J connectivity index is 3.19. The fourth-order valence-electron chi connectivity index (χ4n) is 1.37. The maximum atomic E-state index is 11.2. The van der Waals surface area contributed by atoms with Gasteiger partial charge < -0.3 is 20.1 Å². The van der Waals surface area contributed by atoms with E-state index in [0.717, 1.165) is 0 Å². The summed E-state index contributed by atoms with van der Waals surface area (Å²) in [4.78, 5) is 11.2. The first-order chi connectivity index (χ1) is 9.54. The van der Waals surface area contributed by atoms with E-state index in [2.05, 4.69) is 41.7 Å². The molecule has 0 bridgehead atoms. The zero-order valence-electron chi connectivity index (χ0n) is 11.0. The van der Waals surface area contributed by atoms with Crippen molar-refractivity contribution in [3.63, 3.8) is 0 Å². The van der Waals surface area contributed by atoms with Crippen LogP contribution in [0.1, 0.15) is 12.5 Å². The summed E-state index contributed by atoms with van der Waals surface area (Å²) >= 11 is 6.78. The van der Waals surface area contributed by atoms with Crippen molar-refractivity contribution in [1.29, 1.82) is 0 Å². The monoisotopic (exact) mass is 408 g/mol. The Labute approximate surface area is 133 Å². The fraction of sp³-hybridized carbons (Fsp3) is 0.333. The minimum absolute atomic E-state index is 0.216. The second-order valence-electron chi connectivity index (χ2n) is 3.50. The highest BCUT2D eigenvalue weighted by molar-refractivity contribution is 9.13. The first-order valence-electron chi connectivity index (χ1n) is 5.62. The second kappa shape index (κ2) is 8.11. The van der Waals surface area contributed by atoms with Gasteiger partial charge in [-0.2, -0.15) is 5.10 Å². The molecule has 0 spiro atoms. The lowest BCUT2D eigenvalue weighted by atomic mass is 10.2. The molecule has 1 rings (SSSR count). The number of hydrogen-bond acceptors (Lipinski definition) is 6. The van der Waals surface area contributed by atoms with Crippen LogP contribution in [0, 0.1) is 0 Å². The van der Waals surface area contributed by atoms with E-state index in [1.807, 2.05) is 6.92 Å². The van der Waals surface area contributed by atoms with Gasteiger partial charge in [0.25, 0.3) is 0 Å². The van der Waals surface area contributed by atoms with Crippen molar-refractivity contribution in [2.75, 3.05) is 20.3 Å². The van der Waals surface area contributed by atoms with Crippen LogP contribution in [0.4, 0.5) is 0 Å². The van der Waals surface area contributed by atoms with Gasteiger partial charge >= 0.3 is 5.97 Å². The number of benzene rings is 1. The molecule has 1 aromatic rings. The standard InChI is InChI=1S/C12H14Br2N2O4/c1-3-19-8-4-7(5-16-15)10(13)11(14)12(8)20-6-9(17)18-2/h4-5H,3,6,15H2,1-2H3. The van der Waals surface area contributed by atoms with Crippen molar-refractivity contribution >= 4 is 44.0 Å². The molecule has 6 nitrogen and oxygen atoms in total. The van der Waals surface area contributed by atoms with E-state index in [9.17, 15) is 4.79 Å². The van der Waals surface area contributed by atoms with E-state index in [4.69, 9.17) is 15.3 Å². The highest BCUT2D eigenvalue weighted by atomic mass is 79.9. The van der Waals surface area contributed by atoms with Gasteiger partial charge in [-0.05, 0) is 44.8 Å². The number of rotatable bonds is 6. The Hall–Kier alpha value is -1.28. The fourth-order valence-corrected chi connectivity index (χ4v) is 2.30. The van der Waals surface area contributed by atoms with Gasteiger partial charge in [-0.3, -0.25) is 0 Å². The minimum Gasteiger partial charge on any atom is -0.490 e. The topological polar surface area (TPSA) is 83.1 Å². The zero-order valence-corrected chi connectivity index (χ0v) is 14.2. The lowest BCUT2D eigenvalue weighted by Gasteiger charge is -2.15. The smallest absolute Gasteiger partial charge is 0.343 e. The van der Waals surface area contributed by atoms with Crippen molar-refractivity contribution in [1.82, 2.24) is 0 Å². The number of carbonyl (C=O) groups is 1. The van der Waals surface area contributed by atoms with Crippen molar-refractivity contribution in [2.45, 2.75) is 6.92 Å². The maximum absolute atomic E-state index is 11.2. The minimum atomic E-state index is -0.483. The summed E-state index contributed by atoms with van der Waals surface area (Å²) in [5, 5.41) is 3.48. The predicted octanol–water partition coefficient (Wildman–Crippen LogP) is 2.45. The Morgan fingerprint density at radius 1 is 1.40 bits per heavy atom. The van der Waals surface area contributed by atoms with Crippen LogP contribution >= 0.6 is 31.9 Å². The highest BCUT2D eigenvalue weighted by Gasteiger charge is 2.18. The van der Waals surface area contributed by atoms with E-state index < -0.39 is 5.97 Å². The highest BCUT2D eigenvalue weighted by Crippen LogP contribution is 2.42. The van der Waals surface area contributed by atoms with Gasteiger partial charge in [-0.25, -0.2) is 4.79 Å². The molecule has 0 saturated heterocycles. The lowest BCUT2D eigenvalue weighted by Crippen LogP contribution is -2.13. The van der Waals surface area contributed by atoms with Crippen molar-refractivity contribution in [2.24, 2.45) is 10.9 Å². The third-order valence-corrected chi connectivity index (χ3v) is 4.37. The molecule has 0 fully saturated rings. The maximum Gasteiger partial charge on any atom is 0.343 e. The SMILES string of the molecule is CCOc1cc(C=NN)c(Br)c(Br)c1OCC(=O)OC. The molecule has 0 saturated carbocycles. The van der Waals surface area contributed by atoms with Crippen LogP contribution in [0.3, 0.4) is 0 Å². The normalized spacial score (nSPS) is 10.6. The van der Waals surface area contributed by atoms with E-state index in [1.165, 1.54) is 13.3 Å². The van der Waals surface area contributed by atoms with E-state index in [0.29, 0.717) is 32.6 Å². The first kappa shape index (κ1) is 16.8. The Morgan fingerprint density at radius 2 is 2.10 bits per heavy atom. The number of ether oxygens (including phenoxy) is 3. The summed E-state index contributed by atoms with van der Waals surface area (Å²) in [6.45, 7) is 2.07. The number of carbonyl (C=O) groups excluding carboxylic acids is 1. The van der Waals surface area contributed by atoms with Gasteiger partial charge in [-0.15, -0.1) is 0 Å². The number of halogens is 2. The number of hydrogen-bond donors (Lipinski definition) is 1. The van der Waals surface area contributed by atoms with Gasteiger partial charge in [-0.1, -0.05) is 0 Å². The summed E-state index contributed by atoms with van der Waals surface area (Å²) in [7, 11) is 1.29. The number of nitrogens with zero attached hydrogens (tertiary/aromatic N) is 1. The Kier molecular flexibility index (Phi) is 6.80. The van der Waals surface area contributed by atoms with Gasteiger partial charge in [0.1, 0.15) is 0 Å². The van der Waals surface area contributed by atoms with Crippen LogP contribution in [0.25, 0.3) is 0 Å². The summed E-state index contributed by atoms with van der Waals surface area (Å²) in [6, 6.07) is 1.71. The largest absolute Gasteiger partial charge is 0.490 e. The lowest BCUT2D eigenvalue weighted by molar-refractivity contribution is -0.142. The molecule has 0 unspecified atom stereocenters. The zero-order chi connectivity index (χ0) is 15.1. The van der Waals surface area contributed by atoms with Crippen LogP contribution in [-0.4, -0.2) is 32.5 Å². The number of nitrogens with two attached hydrogens (primary N) is 1. The molecular formula is C12H14Br2N2O4. The Bertz CT molecular complexity index is 521. The van der Waals surface area contributed by atoms with Gasteiger partial charge in [0.15, 0.2) is 18.1 Å². The van der Waals surface area contributed by atoms with E-state index in [-0.39, 0.29) is 6.61 Å². The molecule has 110 valence electrons. The van der Waals surface area contributed by atoms with Crippen molar-refractivity contribution in [3.05, 3.63) is 20.6 Å². The van der Waals surface area contributed by atoms with Gasteiger partial charge in [0.05, 0.1) is 24.4 Å².